The van der Waals surface area contributed by atoms with Crippen LogP contribution in [0.1, 0.15) is 11.1 Å². The molecule has 25 heavy (non-hydrogen) atoms. The fraction of sp³-hybridized carbons (Fsp3) is 0.150. The topological polar surface area (TPSA) is 45.8 Å². The first kappa shape index (κ1) is 14.2. The number of para-hydroxylation sites is 1. The maximum absolute atomic E-state index is 4.95. The Morgan fingerprint density at radius 2 is 1.72 bits per heavy atom. The normalized spacial score (nSPS) is 18.0. The van der Waals surface area contributed by atoms with E-state index in [0.717, 1.165) is 35.9 Å². The van der Waals surface area contributed by atoms with Crippen molar-refractivity contribution >= 4 is 18.0 Å². The molecule has 5 rings (SSSR count). The van der Waals surface area contributed by atoms with Crippen LogP contribution >= 0.6 is 0 Å². The zero-order valence-electron chi connectivity index (χ0n) is 13.7. The number of hydrogen-bond acceptors (Lipinski definition) is 4. The van der Waals surface area contributed by atoms with Gasteiger partial charge in [-0.15, -0.1) is 0 Å². The lowest BCUT2D eigenvalue weighted by atomic mass is 10.1. The van der Waals surface area contributed by atoms with Crippen molar-refractivity contribution < 1.29 is 0 Å². The molecule has 1 aromatic heterocycles. The number of rotatable bonds is 3. The fourth-order valence-corrected chi connectivity index (χ4v) is 3.43. The Bertz CT molecular complexity index is 956. The van der Waals surface area contributed by atoms with E-state index in [2.05, 4.69) is 39.3 Å². The Balaban J connectivity index is 1.48. The Morgan fingerprint density at radius 3 is 2.52 bits per heavy atom. The zero-order valence-corrected chi connectivity index (χ0v) is 13.7. The van der Waals surface area contributed by atoms with Crippen LogP contribution in [0.15, 0.2) is 76.8 Å². The number of amidine groups is 1. The van der Waals surface area contributed by atoms with E-state index in [1.807, 2.05) is 53.6 Å². The number of aromatic nitrogens is 2. The first-order valence-electron chi connectivity index (χ1n) is 8.45. The molecule has 5 heteroatoms. The molecule has 0 radical (unpaired) electrons. The third-order valence-electron chi connectivity index (χ3n) is 4.60. The SMILES string of the molecule is C1=Nc2c(cnn2-c2ccccc2)C2=NC(Cc3ccccc3)CN12. The van der Waals surface area contributed by atoms with Gasteiger partial charge in [0, 0.05) is 6.54 Å². The van der Waals surface area contributed by atoms with Crippen molar-refractivity contribution in [2.24, 2.45) is 9.98 Å². The minimum absolute atomic E-state index is 0.245. The maximum Gasteiger partial charge on any atom is 0.168 e. The molecular weight excluding hydrogens is 310 g/mol. The van der Waals surface area contributed by atoms with Gasteiger partial charge in [0.25, 0.3) is 0 Å². The summed E-state index contributed by atoms with van der Waals surface area (Å²) >= 11 is 0. The van der Waals surface area contributed by atoms with Crippen molar-refractivity contribution in [1.29, 1.82) is 0 Å². The second-order valence-corrected chi connectivity index (χ2v) is 6.32. The molecule has 3 heterocycles. The monoisotopic (exact) mass is 327 g/mol. The largest absolute Gasteiger partial charge is 0.315 e. The van der Waals surface area contributed by atoms with Gasteiger partial charge in [0.1, 0.15) is 5.84 Å². The molecule has 0 bridgehead atoms. The standard InChI is InChI=1S/C20H17N5/c1-3-7-15(8-4-1)11-16-13-24-14-21-19-18(20(24)23-16)12-22-25(19)17-9-5-2-6-10-17/h1-10,12,14,16H,11,13H2. The van der Waals surface area contributed by atoms with Crippen LogP contribution in [0, 0.1) is 0 Å². The van der Waals surface area contributed by atoms with Crippen LogP contribution in [0.5, 0.6) is 0 Å². The van der Waals surface area contributed by atoms with Gasteiger partial charge in [-0.2, -0.15) is 5.10 Å². The van der Waals surface area contributed by atoms with Crippen molar-refractivity contribution in [1.82, 2.24) is 14.7 Å². The summed E-state index contributed by atoms with van der Waals surface area (Å²) in [7, 11) is 0. The van der Waals surface area contributed by atoms with Gasteiger partial charge in [-0.3, -0.25) is 4.99 Å². The summed E-state index contributed by atoms with van der Waals surface area (Å²) in [5.41, 5.74) is 3.32. The number of aliphatic imine (C=N–C) groups is 2. The minimum Gasteiger partial charge on any atom is -0.315 e. The molecule has 0 saturated carbocycles. The van der Waals surface area contributed by atoms with Crippen molar-refractivity contribution in [3.63, 3.8) is 0 Å². The molecule has 1 unspecified atom stereocenters. The zero-order chi connectivity index (χ0) is 16.6. The molecule has 2 aliphatic heterocycles. The number of hydrogen-bond donors (Lipinski definition) is 0. The molecule has 0 N–H and O–H groups in total. The lowest BCUT2D eigenvalue weighted by Gasteiger charge is -2.19. The molecule has 5 nitrogen and oxygen atoms in total. The Kier molecular flexibility index (Phi) is 3.23. The predicted molar refractivity (Wildman–Crippen MR) is 98.9 cm³/mol. The van der Waals surface area contributed by atoms with Gasteiger partial charge in [-0.1, -0.05) is 48.5 Å². The predicted octanol–water partition coefficient (Wildman–Crippen LogP) is 3.22. The molecular formula is C20H17N5. The lowest BCUT2D eigenvalue weighted by molar-refractivity contribution is 0.578. The van der Waals surface area contributed by atoms with Gasteiger partial charge in [0.15, 0.2) is 5.82 Å². The van der Waals surface area contributed by atoms with Gasteiger partial charge in [-0.25, -0.2) is 9.67 Å². The summed E-state index contributed by atoms with van der Waals surface area (Å²) in [6.07, 6.45) is 4.69. The van der Waals surface area contributed by atoms with Crippen molar-refractivity contribution in [3.05, 3.63) is 78.0 Å². The fourth-order valence-electron chi connectivity index (χ4n) is 3.43. The molecule has 0 amide bonds. The quantitative estimate of drug-likeness (QED) is 0.741. The molecule has 0 saturated heterocycles. The first-order chi connectivity index (χ1) is 12.4. The van der Waals surface area contributed by atoms with Crippen molar-refractivity contribution in [3.8, 4) is 5.69 Å². The van der Waals surface area contributed by atoms with E-state index in [-0.39, 0.29) is 6.04 Å². The average molecular weight is 327 g/mol. The molecule has 2 aliphatic rings. The Morgan fingerprint density at radius 1 is 0.960 bits per heavy atom. The maximum atomic E-state index is 4.95. The van der Waals surface area contributed by atoms with Gasteiger partial charge < -0.3 is 4.90 Å². The summed E-state index contributed by atoms with van der Waals surface area (Å²) < 4.78 is 1.87. The summed E-state index contributed by atoms with van der Waals surface area (Å²) in [6.45, 7) is 0.865. The van der Waals surface area contributed by atoms with Crippen LogP contribution < -0.4 is 0 Å². The Hall–Kier alpha value is -3.21. The molecule has 0 fully saturated rings. The van der Waals surface area contributed by atoms with E-state index in [9.17, 15) is 0 Å². The molecule has 2 aromatic carbocycles. The highest BCUT2D eigenvalue weighted by atomic mass is 15.4. The first-order valence-corrected chi connectivity index (χ1v) is 8.45. The number of benzene rings is 2. The average Bonchev–Trinajstić information content (AvgIpc) is 3.26. The number of fused-ring (bicyclic) bond motifs is 3. The molecule has 0 spiro atoms. The third-order valence-corrected chi connectivity index (χ3v) is 4.60. The van der Waals surface area contributed by atoms with Gasteiger partial charge in [0.2, 0.25) is 0 Å². The van der Waals surface area contributed by atoms with E-state index in [4.69, 9.17) is 4.99 Å². The van der Waals surface area contributed by atoms with Gasteiger partial charge in [-0.05, 0) is 24.1 Å². The molecule has 122 valence electrons. The van der Waals surface area contributed by atoms with Crippen LogP contribution in [-0.4, -0.2) is 39.4 Å². The summed E-state index contributed by atoms with van der Waals surface area (Å²) in [5, 5.41) is 4.53. The van der Waals surface area contributed by atoms with E-state index < -0.39 is 0 Å². The van der Waals surface area contributed by atoms with Crippen LogP contribution in [0.3, 0.4) is 0 Å². The summed E-state index contributed by atoms with van der Waals surface area (Å²) in [5.74, 6) is 1.83. The van der Waals surface area contributed by atoms with E-state index in [1.54, 1.807) is 0 Å². The highest BCUT2D eigenvalue weighted by Gasteiger charge is 2.31. The van der Waals surface area contributed by atoms with Crippen molar-refractivity contribution in [2.45, 2.75) is 12.5 Å². The smallest absolute Gasteiger partial charge is 0.168 e. The molecule has 3 aromatic rings. The minimum atomic E-state index is 0.245. The van der Waals surface area contributed by atoms with Crippen LogP contribution in [0.4, 0.5) is 5.82 Å². The summed E-state index contributed by atoms with van der Waals surface area (Å²) in [6, 6.07) is 20.8. The van der Waals surface area contributed by atoms with Gasteiger partial charge >= 0.3 is 0 Å². The highest BCUT2D eigenvalue weighted by Crippen LogP contribution is 2.30. The summed E-state index contributed by atoms with van der Waals surface area (Å²) in [4.78, 5) is 11.7. The lowest BCUT2D eigenvalue weighted by Crippen LogP contribution is -2.30. The second kappa shape index (κ2) is 5.70. The van der Waals surface area contributed by atoms with Crippen LogP contribution in [0.25, 0.3) is 5.69 Å². The third kappa shape index (κ3) is 2.45. The van der Waals surface area contributed by atoms with E-state index in [1.165, 1.54) is 5.56 Å². The van der Waals surface area contributed by atoms with Gasteiger partial charge in [0.05, 0.1) is 29.8 Å². The Labute approximate surface area is 146 Å². The van der Waals surface area contributed by atoms with E-state index in [0.29, 0.717) is 0 Å². The van der Waals surface area contributed by atoms with E-state index >= 15 is 0 Å². The number of nitrogens with zero attached hydrogens (tertiary/aromatic N) is 5. The second-order valence-electron chi connectivity index (χ2n) is 6.32. The molecule has 1 atom stereocenters. The van der Waals surface area contributed by atoms with Crippen LogP contribution in [-0.2, 0) is 6.42 Å². The molecule has 0 aliphatic carbocycles. The van der Waals surface area contributed by atoms with Crippen molar-refractivity contribution in [2.75, 3.05) is 6.54 Å². The van der Waals surface area contributed by atoms with Crippen LogP contribution in [0.2, 0.25) is 0 Å². The highest BCUT2D eigenvalue weighted by molar-refractivity contribution is 6.11.